The van der Waals surface area contributed by atoms with Gasteiger partial charge < -0.3 is 10.6 Å². The lowest BCUT2D eigenvalue weighted by Gasteiger charge is -2.32. The third-order valence-corrected chi connectivity index (χ3v) is 4.72. The summed E-state index contributed by atoms with van der Waals surface area (Å²) < 4.78 is 0. The number of hydrogen-bond donors (Lipinski definition) is 1. The minimum Gasteiger partial charge on any atom is -0.338 e. The van der Waals surface area contributed by atoms with Gasteiger partial charge in [-0.25, -0.2) is 0 Å². The molecular weight excluding hydrogens is 260 g/mol. The van der Waals surface area contributed by atoms with Crippen LogP contribution in [0.2, 0.25) is 0 Å². The van der Waals surface area contributed by atoms with E-state index in [1.807, 2.05) is 23.1 Å². The highest BCUT2D eigenvalue weighted by molar-refractivity contribution is 5.80. The average molecular weight is 288 g/mol. The molecule has 1 aliphatic carbocycles. The van der Waals surface area contributed by atoms with Gasteiger partial charge >= 0.3 is 0 Å². The Morgan fingerprint density at radius 1 is 1.33 bits per heavy atom. The van der Waals surface area contributed by atoms with Crippen LogP contribution in [0.4, 0.5) is 0 Å². The molecule has 2 N–H and O–H groups in total. The molecule has 3 nitrogen and oxygen atoms in total. The predicted octanol–water partition coefficient (Wildman–Crippen LogP) is 3.19. The van der Waals surface area contributed by atoms with Gasteiger partial charge in [0.05, 0.1) is 0 Å². The molecule has 1 fully saturated rings. The molecule has 0 spiro atoms. The first kappa shape index (κ1) is 16.0. The third kappa shape index (κ3) is 4.07. The lowest BCUT2D eigenvalue weighted by atomic mass is 9.81. The Kier molecular flexibility index (Phi) is 5.40. The summed E-state index contributed by atoms with van der Waals surface area (Å²) in [6, 6.07) is 10.2. The summed E-state index contributed by atoms with van der Waals surface area (Å²) >= 11 is 0. The lowest BCUT2D eigenvalue weighted by molar-refractivity contribution is -0.139. The molecular formula is C18H28N2O. The maximum atomic E-state index is 13.0. The normalized spacial score (nSPS) is 20.4. The first-order valence-corrected chi connectivity index (χ1v) is 8.07. The Labute approximate surface area is 128 Å². The standard InChI is InChI=1S/C18H28N2O/c1-18(2)11-6-10-16(18)17(21)20(13-7-12-19)14-15-8-4-3-5-9-15/h3-5,8-9,16H,6-7,10-14,19H2,1-2H3. The molecule has 116 valence electrons. The van der Waals surface area contributed by atoms with Crippen LogP contribution in [0.25, 0.3) is 0 Å². The maximum Gasteiger partial charge on any atom is 0.226 e. The van der Waals surface area contributed by atoms with E-state index in [0.29, 0.717) is 19.0 Å². The molecule has 0 aromatic heterocycles. The smallest absolute Gasteiger partial charge is 0.226 e. The summed E-state index contributed by atoms with van der Waals surface area (Å²) in [7, 11) is 0. The number of carbonyl (C=O) groups is 1. The minimum atomic E-state index is 0.134. The van der Waals surface area contributed by atoms with Crippen molar-refractivity contribution in [2.45, 2.75) is 46.1 Å². The quantitative estimate of drug-likeness (QED) is 0.874. The molecule has 1 amide bonds. The van der Waals surface area contributed by atoms with Crippen molar-refractivity contribution in [2.24, 2.45) is 17.1 Å². The molecule has 3 heteroatoms. The number of amides is 1. The van der Waals surface area contributed by atoms with Gasteiger partial charge in [0.25, 0.3) is 0 Å². The van der Waals surface area contributed by atoms with Crippen molar-refractivity contribution >= 4 is 5.91 Å². The molecule has 0 bridgehead atoms. The Hall–Kier alpha value is -1.35. The van der Waals surface area contributed by atoms with Crippen LogP contribution >= 0.6 is 0 Å². The molecule has 1 aliphatic rings. The van der Waals surface area contributed by atoms with Crippen LogP contribution in [0, 0.1) is 11.3 Å². The molecule has 0 aliphatic heterocycles. The van der Waals surface area contributed by atoms with Crippen LogP contribution in [0.3, 0.4) is 0 Å². The van der Waals surface area contributed by atoms with E-state index >= 15 is 0 Å². The Morgan fingerprint density at radius 3 is 2.62 bits per heavy atom. The van der Waals surface area contributed by atoms with E-state index < -0.39 is 0 Å². The molecule has 0 heterocycles. The van der Waals surface area contributed by atoms with Gasteiger partial charge in [0, 0.05) is 19.0 Å². The topological polar surface area (TPSA) is 46.3 Å². The van der Waals surface area contributed by atoms with Crippen LogP contribution in [-0.2, 0) is 11.3 Å². The van der Waals surface area contributed by atoms with Gasteiger partial charge in [-0.15, -0.1) is 0 Å². The molecule has 1 aromatic rings. The van der Waals surface area contributed by atoms with E-state index in [0.717, 1.165) is 25.8 Å². The summed E-state index contributed by atoms with van der Waals surface area (Å²) in [5.74, 6) is 0.480. The average Bonchev–Trinajstić information content (AvgIpc) is 2.83. The zero-order valence-corrected chi connectivity index (χ0v) is 13.3. The molecule has 1 aromatic carbocycles. The fourth-order valence-corrected chi connectivity index (χ4v) is 3.36. The van der Waals surface area contributed by atoms with Crippen molar-refractivity contribution in [3.8, 4) is 0 Å². The summed E-state index contributed by atoms with van der Waals surface area (Å²) in [5.41, 5.74) is 6.97. The van der Waals surface area contributed by atoms with Gasteiger partial charge in [0.2, 0.25) is 5.91 Å². The van der Waals surface area contributed by atoms with E-state index in [9.17, 15) is 4.79 Å². The van der Waals surface area contributed by atoms with Crippen LogP contribution in [0.5, 0.6) is 0 Å². The van der Waals surface area contributed by atoms with Gasteiger partial charge in [-0.3, -0.25) is 4.79 Å². The molecule has 0 radical (unpaired) electrons. The van der Waals surface area contributed by atoms with Crippen LogP contribution in [-0.4, -0.2) is 23.9 Å². The van der Waals surface area contributed by atoms with Gasteiger partial charge in [-0.2, -0.15) is 0 Å². The van der Waals surface area contributed by atoms with Crippen molar-refractivity contribution < 1.29 is 4.79 Å². The van der Waals surface area contributed by atoms with Crippen molar-refractivity contribution in [2.75, 3.05) is 13.1 Å². The predicted molar refractivity (Wildman–Crippen MR) is 86.7 cm³/mol. The Balaban J connectivity index is 2.09. The fourth-order valence-electron chi connectivity index (χ4n) is 3.36. The number of benzene rings is 1. The lowest BCUT2D eigenvalue weighted by Crippen LogP contribution is -2.40. The molecule has 1 atom stereocenters. The zero-order chi connectivity index (χ0) is 15.3. The van der Waals surface area contributed by atoms with Crippen molar-refractivity contribution in [3.63, 3.8) is 0 Å². The summed E-state index contributed by atoms with van der Waals surface area (Å²) in [6.45, 7) is 6.55. The fraction of sp³-hybridized carbons (Fsp3) is 0.611. The van der Waals surface area contributed by atoms with E-state index in [2.05, 4.69) is 26.0 Å². The zero-order valence-electron chi connectivity index (χ0n) is 13.3. The molecule has 1 unspecified atom stereocenters. The SMILES string of the molecule is CC1(C)CCCC1C(=O)N(CCCN)Cc1ccccc1. The van der Waals surface area contributed by atoms with Gasteiger partial charge in [0.1, 0.15) is 0 Å². The van der Waals surface area contributed by atoms with Crippen molar-refractivity contribution in [3.05, 3.63) is 35.9 Å². The van der Waals surface area contributed by atoms with Crippen molar-refractivity contribution in [1.82, 2.24) is 4.90 Å². The van der Waals surface area contributed by atoms with Crippen LogP contribution in [0.1, 0.15) is 45.1 Å². The first-order chi connectivity index (χ1) is 10.0. The van der Waals surface area contributed by atoms with Gasteiger partial charge in [0.15, 0.2) is 0 Å². The van der Waals surface area contributed by atoms with Crippen LogP contribution < -0.4 is 5.73 Å². The van der Waals surface area contributed by atoms with Gasteiger partial charge in [-0.1, -0.05) is 50.6 Å². The van der Waals surface area contributed by atoms with Crippen molar-refractivity contribution in [1.29, 1.82) is 0 Å². The number of nitrogens with two attached hydrogens (primary N) is 1. The third-order valence-electron chi connectivity index (χ3n) is 4.72. The molecule has 1 saturated carbocycles. The second-order valence-electron chi connectivity index (χ2n) is 6.82. The Morgan fingerprint density at radius 2 is 2.05 bits per heavy atom. The van der Waals surface area contributed by atoms with Crippen LogP contribution in [0.15, 0.2) is 30.3 Å². The number of nitrogens with zero attached hydrogens (tertiary/aromatic N) is 1. The van der Waals surface area contributed by atoms with E-state index in [1.165, 1.54) is 12.0 Å². The Bertz CT molecular complexity index is 456. The molecule has 21 heavy (non-hydrogen) atoms. The highest BCUT2D eigenvalue weighted by Gasteiger charge is 2.40. The number of rotatable bonds is 6. The van der Waals surface area contributed by atoms with Gasteiger partial charge in [-0.05, 0) is 36.8 Å². The largest absolute Gasteiger partial charge is 0.338 e. The van der Waals surface area contributed by atoms with E-state index in [-0.39, 0.29) is 11.3 Å². The second-order valence-corrected chi connectivity index (χ2v) is 6.82. The molecule has 0 saturated heterocycles. The summed E-state index contributed by atoms with van der Waals surface area (Å²) in [6.07, 6.45) is 4.21. The summed E-state index contributed by atoms with van der Waals surface area (Å²) in [4.78, 5) is 15.0. The molecule has 2 rings (SSSR count). The summed E-state index contributed by atoms with van der Waals surface area (Å²) in [5, 5.41) is 0. The number of carbonyl (C=O) groups excluding carboxylic acids is 1. The maximum absolute atomic E-state index is 13.0. The highest BCUT2D eigenvalue weighted by Crippen LogP contribution is 2.43. The van der Waals surface area contributed by atoms with E-state index in [1.54, 1.807) is 0 Å². The first-order valence-electron chi connectivity index (χ1n) is 8.07. The van der Waals surface area contributed by atoms with E-state index in [4.69, 9.17) is 5.73 Å². The second kappa shape index (κ2) is 7.08. The minimum absolute atomic E-state index is 0.134. The monoisotopic (exact) mass is 288 g/mol. The highest BCUT2D eigenvalue weighted by atomic mass is 16.2. The number of hydrogen-bond acceptors (Lipinski definition) is 2.